The van der Waals surface area contributed by atoms with Gasteiger partial charge in [0.15, 0.2) is 0 Å². The van der Waals surface area contributed by atoms with Crippen LogP contribution in [0, 0.1) is 0 Å². The van der Waals surface area contributed by atoms with E-state index in [9.17, 15) is 18.0 Å². The van der Waals surface area contributed by atoms with E-state index >= 15 is 0 Å². The third kappa shape index (κ3) is 7.74. The second kappa shape index (κ2) is 13.9. The van der Waals surface area contributed by atoms with E-state index in [2.05, 4.69) is 5.32 Å². The Kier molecular flexibility index (Phi) is 10.6. The maximum atomic E-state index is 14.1. The number of benzene rings is 3. The summed E-state index contributed by atoms with van der Waals surface area (Å²) in [5, 5.41) is 4.16. The summed E-state index contributed by atoms with van der Waals surface area (Å²) in [6.07, 6.45) is 4.95. The fraction of sp³-hybridized carbons (Fsp3) is 0.333. The van der Waals surface area contributed by atoms with Crippen LogP contribution >= 0.6 is 34.8 Å². The lowest BCUT2D eigenvalue weighted by atomic mass is 9.95. The van der Waals surface area contributed by atoms with Gasteiger partial charge < -0.3 is 10.2 Å². The molecule has 0 radical (unpaired) electrons. The Hall–Kier alpha value is -2.78. The maximum absolute atomic E-state index is 14.1. The van der Waals surface area contributed by atoms with Crippen molar-refractivity contribution in [1.29, 1.82) is 0 Å². The van der Waals surface area contributed by atoms with Crippen molar-refractivity contribution in [2.24, 2.45) is 0 Å². The van der Waals surface area contributed by atoms with E-state index in [1.807, 2.05) is 0 Å². The van der Waals surface area contributed by atoms with Crippen LogP contribution < -0.4 is 9.62 Å². The van der Waals surface area contributed by atoms with Crippen molar-refractivity contribution in [2.45, 2.75) is 62.6 Å². The molecule has 11 heteroatoms. The summed E-state index contributed by atoms with van der Waals surface area (Å²) in [5.41, 5.74) is 0.715. The Morgan fingerprint density at radius 1 is 0.878 bits per heavy atom. The molecule has 3 aromatic carbocycles. The summed E-state index contributed by atoms with van der Waals surface area (Å²) in [6.45, 7) is 0.970. The molecule has 41 heavy (non-hydrogen) atoms. The van der Waals surface area contributed by atoms with Crippen molar-refractivity contribution in [1.82, 2.24) is 10.2 Å². The number of anilines is 1. The largest absolute Gasteiger partial charge is 0.352 e. The molecule has 0 saturated heterocycles. The van der Waals surface area contributed by atoms with E-state index in [1.165, 1.54) is 29.2 Å². The van der Waals surface area contributed by atoms with E-state index in [0.29, 0.717) is 20.6 Å². The van der Waals surface area contributed by atoms with Gasteiger partial charge in [-0.05, 0) is 68.3 Å². The van der Waals surface area contributed by atoms with E-state index < -0.39 is 28.5 Å². The number of nitrogens with one attached hydrogen (secondary N) is 1. The molecule has 4 rings (SSSR count). The van der Waals surface area contributed by atoms with Crippen molar-refractivity contribution < 1.29 is 18.0 Å². The smallest absolute Gasteiger partial charge is 0.264 e. The molecule has 1 saturated carbocycles. The number of halogens is 3. The van der Waals surface area contributed by atoms with Crippen molar-refractivity contribution in [3.8, 4) is 0 Å². The van der Waals surface area contributed by atoms with Gasteiger partial charge in [0.2, 0.25) is 11.8 Å². The molecule has 0 aromatic heterocycles. The van der Waals surface area contributed by atoms with Gasteiger partial charge in [-0.15, -0.1) is 0 Å². The number of sulfonamides is 1. The summed E-state index contributed by atoms with van der Waals surface area (Å²) in [6, 6.07) is 18.1. The summed E-state index contributed by atoms with van der Waals surface area (Å²) in [7, 11) is -4.16. The zero-order valence-electron chi connectivity index (χ0n) is 22.6. The first-order valence-corrected chi connectivity index (χ1v) is 16.0. The predicted molar refractivity (Wildman–Crippen MR) is 164 cm³/mol. The number of rotatable bonds is 10. The van der Waals surface area contributed by atoms with Crippen LogP contribution in [0.2, 0.25) is 15.1 Å². The first-order chi connectivity index (χ1) is 19.6. The molecule has 1 aliphatic carbocycles. The minimum absolute atomic E-state index is 0.0199. The van der Waals surface area contributed by atoms with Crippen molar-refractivity contribution in [3.05, 3.63) is 93.4 Å². The average Bonchev–Trinajstić information content (AvgIpc) is 2.97. The molecule has 1 atom stereocenters. The number of amides is 2. The number of nitrogens with zero attached hydrogens (tertiary/aromatic N) is 2. The van der Waals surface area contributed by atoms with Gasteiger partial charge in [-0.25, -0.2) is 8.42 Å². The highest BCUT2D eigenvalue weighted by atomic mass is 35.5. The van der Waals surface area contributed by atoms with Crippen LogP contribution in [0.1, 0.15) is 44.6 Å². The van der Waals surface area contributed by atoms with Crippen LogP contribution in [0.4, 0.5) is 5.69 Å². The Morgan fingerprint density at radius 3 is 2.10 bits per heavy atom. The molecule has 3 aromatic rings. The lowest BCUT2D eigenvalue weighted by Gasteiger charge is -2.33. The van der Waals surface area contributed by atoms with E-state index in [-0.39, 0.29) is 29.1 Å². The minimum Gasteiger partial charge on any atom is -0.352 e. The number of carbonyl (C=O) groups is 2. The average molecular weight is 637 g/mol. The van der Waals surface area contributed by atoms with Crippen LogP contribution in [0.25, 0.3) is 0 Å². The first kappa shape index (κ1) is 31.2. The lowest BCUT2D eigenvalue weighted by molar-refractivity contribution is -0.139. The molecule has 7 nitrogen and oxygen atoms in total. The Morgan fingerprint density at radius 2 is 1.49 bits per heavy atom. The number of hydrogen-bond donors (Lipinski definition) is 1. The van der Waals surface area contributed by atoms with Gasteiger partial charge in [0.25, 0.3) is 10.0 Å². The second-order valence-electron chi connectivity index (χ2n) is 10.0. The highest BCUT2D eigenvalue weighted by molar-refractivity contribution is 7.92. The lowest BCUT2D eigenvalue weighted by Crippen LogP contribution is -2.53. The molecule has 218 valence electrons. The Balaban J connectivity index is 1.69. The molecule has 2 amide bonds. The highest BCUT2D eigenvalue weighted by Crippen LogP contribution is 2.29. The molecule has 0 unspecified atom stereocenters. The number of carbonyl (C=O) groups excluding carboxylic acids is 2. The standard InChI is InChI=1S/C30H32Cl3N3O4S/c1-21(30(38)34-23-9-4-2-5-10-23)35(19-26-27(32)13-8-14-28(26)33)29(37)20-36(24-17-15-22(31)16-18-24)41(39,40)25-11-6-3-7-12-25/h3,6-8,11-18,21,23H,2,4-5,9-10,19-20H2,1H3,(H,34,38)/t21-/m0/s1. The molecular formula is C30H32Cl3N3O4S. The Labute approximate surface area is 256 Å². The van der Waals surface area contributed by atoms with Gasteiger partial charge in [0, 0.05) is 33.2 Å². The maximum Gasteiger partial charge on any atom is 0.264 e. The summed E-state index contributed by atoms with van der Waals surface area (Å²) in [4.78, 5) is 28.8. The van der Waals surface area contributed by atoms with Crippen LogP contribution in [-0.2, 0) is 26.2 Å². The van der Waals surface area contributed by atoms with Gasteiger partial charge in [-0.1, -0.05) is 78.3 Å². The fourth-order valence-corrected chi connectivity index (χ4v) is 6.94. The van der Waals surface area contributed by atoms with Crippen LogP contribution in [0.3, 0.4) is 0 Å². The SMILES string of the molecule is C[C@@H](C(=O)NC1CCCCC1)N(Cc1c(Cl)cccc1Cl)C(=O)CN(c1ccc(Cl)cc1)S(=O)(=O)c1ccccc1. The molecule has 0 aliphatic heterocycles. The highest BCUT2D eigenvalue weighted by Gasteiger charge is 2.33. The van der Waals surface area contributed by atoms with E-state index in [0.717, 1.165) is 36.4 Å². The van der Waals surface area contributed by atoms with E-state index in [4.69, 9.17) is 34.8 Å². The number of hydrogen-bond acceptors (Lipinski definition) is 4. The van der Waals surface area contributed by atoms with Crippen molar-refractivity contribution in [3.63, 3.8) is 0 Å². The van der Waals surface area contributed by atoms with Gasteiger partial charge in [-0.2, -0.15) is 0 Å². The van der Waals surface area contributed by atoms with Crippen LogP contribution in [-0.4, -0.2) is 43.8 Å². The Bertz CT molecular complexity index is 1440. The normalized spacial score (nSPS) is 14.7. The predicted octanol–water partition coefficient (Wildman–Crippen LogP) is 6.71. The van der Waals surface area contributed by atoms with Crippen molar-refractivity contribution >= 4 is 62.3 Å². The third-order valence-corrected chi connectivity index (χ3v) is 9.98. The van der Waals surface area contributed by atoms with Gasteiger partial charge in [0.05, 0.1) is 10.6 Å². The van der Waals surface area contributed by atoms with Gasteiger partial charge in [0.1, 0.15) is 12.6 Å². The summed E-state index contributed by atoms with van der Waals surface area (Å²) < 4.78 is 28.6. The zero-order chi connectivity index (χ0) is 29.6. The van der Waals surface area contributed by atoms with E-state index in [1.54, 1.807) is 55.5 Å². The van der Waals surface area contributed by atoms with Crippen molar-refractivity contribution in [2.75, 3.05) is 10.8 Å². The molecule has 1 aliphatic rings. The zero-order valence-corrected chi connectivity index (χ0v) is 25.7. The topological polar surface area (TPSA) is 86.8 Å². The van der Waals surface area contributed by atoms with Crippen LogP contribution in [0.5, 0.6) is 0 Å². The van der Waals surface area contributed by atoms with Crippen LogP contribution in [0.15, 0.2) is 77.7 Å². The first-order valence-electron chi connectivity index (χ1n) is 13.4. The molecule has 1 fully saturated rings. The summed E-state index contributed by atoms with van der Waals surface area (Å²) in [5.74, 6) is -0.917. The fourth-order valence-electron chi connectivity index (χ4n) is 4.86. The monoisotopic (exact) mass is 635 g/mol. The molecular weight excluding hydrogens is 605 g/mol. The third-order valence-electron chi connectivity index (χ3n) is 7.23. The molecule has 0 spiro atoms. The summed E-state index contributed by atoms with van der Waals surface area (Å²) >= 11 is 19.0. The van der Waals surface area contributed by atoms with Gasteiger partial charge in [-0.3, -0.25) is 13.9 Å². The van der Waals surface area contributed by atoms with Gasteiger partial charge >= 0.3 is 0 Å². The minimum atomic E-state index is -4.16. The second-order valence-corrected chi connectivity index (χ2v) is 13.2. The molecule has 1 N–H and O–H groups in total. The quantitative estimate of drug-likeness (QED) is 0.268. The molecule has 0 heterocycles. The molecule has 0 bridgehead atoms.